The second kappa shape index (κ2) is 7.99. The van der Waals surface area contributed by atoms with Crippen molar-refractivity contribution in [2.45, 2.75) is 6.54 Å². The van der Waals surface area contributed by atoms with Crippen molar-refractivity contribution in [1.29, 1.82) is 0 Å². The van der Waals surface area contributed by atoms with E-state index >= 15 is 0 Å². The maximum atomic E-state index is 12.9. The Hall–Kier alpha value is -3.67. The molecule has 4 aromatic rings. The lowest BCUT2D eigenvalue weighted by Gasteiger charge is -2.36. The number of amides is 1. The number of imidazole rings is 1. The smallest absolute Gasteiger partial charge is 0.348 e. The molecule has 1 fully saturated rings. The van der Waals surface area contributed by atoms with Crippen LogP contribution in [-0.4, -0.2) is 47.0 Å². The van der Waals surface area contributed by atoms with Gasteiger partial charge >= 0.3 is 5.65 Å². The molecule has 1 aliphatic heterocycles. The number of hydrogen-bond donors (Lipinski definition) is 1. The number of aromatic nitrogens is 3. The Labute approximate surface area is 175 Å². The lowest BCUT2D eigenvalue weighted by molar-refractivity contribution is -0.661. The van der Waals surface area contributed by atoms with Crippen LogP contribution in [-0.2, 0) is 11.3 Å². The van der Waals surface area contributed by atoms with Gasteiger partial charge in [-0.1, -0.05) is 48.5 Å². The van der Waals surface area contributed by atoms with Gasteiger partial charge in [0.15, 0.2) is 6.54 Å². The molecule has 30 heavy (non-hydrogen) atoms. The van der Waals surface area contributed by atoms with Crippen LogP contribution in [0.25, 0.3) is 22.3 Å². The van der Waals surface area contributed by atoms with Crippen LogP contribution in [0, 0.1) is 0 Å². The highest BCUT2D eigenvalue weighted by molar-refractivity contribution is 5.79. The first-order chi connectivity index (χ1) is 14.8. The first kappa shape index (κ1) is 18.4. The van der Waals surface area contributed by atoms with E-state index in [-0.39, 0.29) is 5.91 Å². The molecule has 5 rings (SSSR count). The molecule has 1 N–H and O–H groups in total. The molecule has 0 saturated carbocycles. The number of carbonyl (C=O) groups is 1. The minimum Gasteiger partial charge on any atom is -0.367 e. The number of para-hydroxylation sites is 1. The summed E-state index contributed by atoms with van der Waals surface area (Å²) < 4.78 is 1.91. The van der Waals surface area contributed by atoms with Crippen molar-refractivity contribution in [3.05, 3.63) is 79.3 Å². The van der Waals surface area contributed by atoms with Gasteiger partial charge < -0.3 is 14.8 Å². The number of hydrogen-bond acceptors (Lipinski definition) is 3. The molecule has 0 aliphatic carbocycles. The zero-order valence-electron chi connectivity index (χ0n) is 16.7. The average Bonchev–Trinajstić information content (AvgIpc) is 3.30. The Balaban J connectivity index is 1.28. The van der Waals surface area contributed by atoms with Crippen LogP contribution in [0.1, 0.15) is 0 Å². The molecule has 6 heteroatoms. The minimum absolute atomic E-state index is 0.131. The van der Waals surface area contributed by atoms with Gasteiger partial charge in [-0.25, -0.2) is 4.57 Å². The fourth-order valence-corrected chi connectivity index (χ4v) is 4.14. The quantitative estimate of drug-likeness (QED) is 0.538. The highest BCUT2D eigenvalue weighted by Crippen LogP contribution is 2.31. The molecule has 0 bridgehead atoms. The van der Waals surface area contributed by atoms with Gasteiger partial charge in [0.05, 0.1) is 6.20 Å². The van der Waals surface area contributed by atoms with Crippen LogP contribution < -0.4 is 9.47 Å². The largest absolute Gasteiger partial charge is 0.367 e. The summed E-state index contributed by atoms with van der Waals surface area (Å²) >= 11 is 0. The molecule has 0 unspecified atom stereocenters. The van der Waals surface area contributed by atoms with Crippen LogP contribution >= 0.6 is 0 Å². The zero-order valence-corrected chi connectivity index (χ0v) is 16.7. The van der Waals surface area contributed by atoms with Gasteiger partial charge in [0.1, 0.15) is 5.52 Å². The molecule has 2 aromatic heterocycles. The summed E-state index contributed by atoms with van der Waals surface area (Å²) in [6.07, 6.45) is 3.57. The monoisotopic (exact) mass is 398 g/mol. The Kier molecular flexibility index (Phi) is 4.89. The molecule has 2 aromatic carbocycles. The maximum absolute atomic E-state index is 12.9. The summed E-state index contributed by atoms with van der Waals surface area (Å²) in [4.78, 5) is 24.7. The first-order valence-corrected chi connectivity index (χ1v) is 10.3. The number of carbonyl (C=O) groups excluding carboxylic acids is 1. The predicted octanol–water partition coefficient (Wildman–Crippen LogP) is 2.87. The van der Waals surface area contributed by atoms with E-state index in [4.69, 9.17) is 0 Å². The van der Waals surface area contributed by atoms with E-state index in [1.807, 2.05) is 33.9 Å². The SMILES string of the molecule is O=C(C[n+]1cccc2[nH]cnc21)N1CCN(c2ccccc2-c2ccccc2)CC1. The summed E-state index contributed by atoms with van der Waals surface area (Å²) in [6.45, 7) is 3.40. The van der Waals surface area contributed by atoms with Crippen molar-refractivity contribution < 1.29 is 9.36 Å². The van der Waals surface area contributed by atoms with Crippen molar-refractivity contribution in [1.82, 2.24) is 14.9 Å². The Bertz CT molecular complexity index is 1160. The van der Waals surface area contributed by atoms with Gasteiger partial charge in [-0.05, 0) is 28.7 Å². The number of benzene rings is 2. The minimum atomic E-state index is 0.131. The molecule has 0 radical (unpaired) electrons. The van der Waals surface area contributed by atoms with Crippen LogP contribution in [0.5, 0.6) is 0 Å². The summed E-state index contributed by atoms with van der Waals surface area (Å²) in [5.41, 5.74) is 5.43. The number of pyridine rings is 1. The van der Waals surface area contributed by atoms with E-state index in [1.54, 1.807) is 6.33 Å². The first-order valence-electron chi connectivity index (χ1n) is 10.3. The normalized spacial score (nSPS) is 14.3. The fourth-order valence-electron chi connectivity index (χ4n) is 4.14. The molecular weight excluding hydrogens is 374 g/mol. The molecule has 0 atom stereocenters. The van der Waals surface area contributed by atoms with Gasteiger partial charge in [-0.15, -0.1) is 0 Å². The predicted molar refractivity (Wildman–Crippen MR) is 117 cm³/mol. The topological polar surface area (TPSA) is 56.1 Å². The summed E-state index contributed by atoms with van der Waals surface area (Å²) in [5.74, 6) is 0.131. The molecule has 1 aliphatic rings. The van der Waals surface area contributed by atoms with Gasteiger partial charge in [-0.2, -0.15) is 0 Å². The third-order valence-corrected chi connectivity index (χ3v) is 5.72. The number of fused-ring (bicyclic) bond motifs is 1. The van der Waals surface area contributed by atoms with E-state index in [9.17, 15) is 4.79 Å². The molecule has 1 saturated heterocycles. The molecular formula is C24H24N5O+. The highest BCUT2D eigenvalue weighted by atomic mass is 16.2. The van der Waals surface area contributed by atoms with Crippen molar-refractivity contribution >= 4 is 22.8 Å². The van der Waals surface area contributed by atoms with E-state index in [0.717, 1.165) is 37.3 Å². The molecule has 3 heterocycles. The third-order valence-electron chi connectivity index (χ3n) is 5.72. The van der Waals surface area contributed by atoms with Crippen molar-refractivity contribution in [3.63, 3.8) is 0 Å². The summed E-state index contributed by atoms with van der Waals surface area (Å²) in [7, 11) is 0. The van der Waals surface area contributed by atoms with E-state index in [2.05, 4.69) is 63.4 Å². The second-order valence-electron chi connectivity index (χ2n) is 7.53. The van der Waals surface area contributed by atoms with Gasteiger partial charge in [0.25, 0.3) is 5.91 Å². The van der Waals surface area contributed by atoms with Crippen LogP contribution in [0.4, 0.5) is 5.69 Å². The number of piperazine rings is 1. The van der Waals surface area contributed by atoms with Crippen molar-refractivity contribution in [3.8, 4) is 11.1 Å². The number of rotatable bonds is 4. The molecule has 6 nitrogen and oxygen atoms in total. The van der Waals surface area contributed by atoms with Gasteiger partial charge in [-0.3, -0.25) is 4.79 Å². The van der Waals surface area contributed by atoms with Crippen LogP contribution in [0.15, 0.2) is 79.3 Å². The standard InChI is InChI=1S/C24H23N5O/c30-23(17-29-12-6-10-21-24(29)26-18-25-21)28-15-13-27(14-16-28)22-11-5-4-9-20(22)19-7-2-1-3-8-19/h1-12,18H,13-17H2/p+1. The van der Waals surface area contributed by atoms with Gasteiger partial charge in [0, 0.05) is 37.4 Å². The number of nitrogens with zero attached hydrogens (tertiary/aromatic N) is 4. The zero-order chi connectivity index (χ0) is 20.3. The van der Waals surface area contributed by atoms with E-state index < -0.39 is 0 Å². The van der Waals surface area contributed by atoms with E-state index in [0.29, 0.717) is 6.54 Å². The second-order valence-corrected chi connectivity index (χ2v) is 7.53. The Morgan fingerprint density at radius 1 is 0.933 bits per heavy atom. The number of H-pyrrole nitrogens is 1. The van der Waals surface area contributed by atoms with Crippen LogP contribution in [0.2, 0.25) is 0 Å². The summed E-state index contributed by atoms with van der Waals surface area (Å²) in [5, 5.41) is 0. The third kappa shape index (κ3) is 3.52. The van der Waals surface area contributed by atoms with Gasteiger partial charge in [0.2, 0.25) is 6.33 Å². The van der Waals surface area contributed by atoms with Crippen LogP contribution in [0.3, 0.4) is 0 Å². The molecule has 150 valence electrons. The molecule has 1 amide bonds. The fraction of sp³-hybridized carbons (Fsp3) is 0.208. The lowest BCUT2D eigenvalue weighted by Crippen LogP contribution is -2.52. The van der Waals surface area contributed by atoms with E-state index in [1.165, 1.54) is 16.8 Å². The number of aromatic amines is 1. The summed E-state index contributed by atoms with van der Waals surface area (Å²) in [6, 6.07) is 22.9. The Morgan fingerprint density at radius 3 is 2.53 bits per heavy atom. The number of anilines is 1. The van der Waals surface area contributed by atoms with Crippen molar-refractivity contribution in [2.75, 3.05) is 31.1 Å². The highest BCUT2D eigenvalue weighted by Gasteiger charge is 2.25. The number of nitrogens with one attached hydrogen (secondary N) is 1. The maximum Gasteiger partial charge on any atom is 0.348 e. The lowest BCUT2D eigenvalue weighted by atomic mass is 10.0. The van der Waals surface area contributed by atoms with Crippen molar-refractivity contribution in [2.24, 2.45) is 0 Å². The molecule has 0 spiro atoms. The Morgan fingerprint density at radius 2 is 1.70 bits per heavy atom. The average molecular weight is 398 g/mol.